The second kappa shape index (κ2) is 3.75. The summed E-state index contributed by atoms with van der Waals surface area (Å²) in [6.45, 7) is 3.40. The predicted molar refractivity (Wildman–Crippen MR) is 60.6 cm³/mol. The second-order valence-electron chi connectivity index (χ2n) is 3.57. The number of nitrogen functional groups attached to an aromatic ring is 1. The summed E-state index contributed by atoms with van der Waals surface area (Å²) < 4.78 is 1.23. The van der Waals surface area contributed by atoms with Crippen LogP contribution in [0.15, 0.2) is 11.0 Å². The van der Waals surface area contributed by atoms with Gasteiger partial charge in [-0.15, -0.1) is 0 Å². The molecular weight excluding hydrogens is 220 g/mol. The molecule has 17 heavy (non-hydrogen) atoms. The number of hydrogen-bond acceptors (Lipinski definition) is 5. The van der Waals surface area contributed by atoms with E-state index in [-0.39, 0.29) is 22.9 Å². The molecule has 0 aliphatic rings. The molecule has 0 aromatic carbocycles. The van der Waals surface area contributed by atoms with Crippen molar-refractivity contribution in [3.05, 3.63) is 33.4 Å². The summed E-state index contributed by atoms with van der Waals surface area (Å²) in [4.78, 5) is 18.3. The van der Waals surface area contributed by atoms with Gasteiger partial charge in [-0.25, -0.2) is 4.98 Å². The van der Waals surface area contributed by atoms with E-state index in [1.165, 1.54) is 10.9 Å². The number of H-pyrrole nitrogens is 1. The van der Waals surface area contributed by atoms with Gasteiger partial charge in [0.1, 0.15) is 17.5 Å². The molecule has 2 heterocycles. The van der Waals surface area contributed by atoms with Crippen molar-refractivity contribution in [3.63, 3.8) is 0 Å². The van der Waals surface area contributed by atoms with E-state index in [2.05, 4.69) is 15.1 Å². The van der Waals surface area contributed by atoms with Crippen molar-refractivity contribution in [3.8, 4) is 12.0 Å². The molecule has 0 saturated carbocycles. The van der Waals surface area contributed by atoms with Gasteiger partial charge in [0.2, 0.25) is 5.95 Å². The fraction of sp³-hybridized carbons (Fsp3) is 0.200. The summed E-state index contributed by atoms with van der Waals surface area (Å²) in [5.41, 5.74) is 6.83. The minimum Gasteiger partial charge on any atom is -0.382 e. The van der Waals surface area contributed by atoms with E-state index >= 15 is 0 Å². The number of nitrogens with zero attached hydrogens (tertiary/aromatic N) is 4. The van der Waals surface area contributed by atoms with Crippen LogP contribution in [0.5, 0.6) is 0 Å². The molecule has 2 aromatic rings. The summed E-state index contributed by atoms with van der Waals surface area (Å²) in [7, 11) is 0. The molecule has 86 valence electrons. The van der Waals surface area contributed by atoms with E-state index in [0.29, 0.717) is 11.3 Å². The Labute approximate surface area is 96.5 Å². The summed E-state index contributed by atoms with van der Waals surface area (Å²) >= 11 is 0. The van der Waals surface area contributed by atoms with E-state index in [4.69, 9.17) is 11.0 Å². The van der Waals surface area contributed by atoms with Crippen LogP contribution in [-0.4, -0.2) is 19.7 Å². The maximum atomic E-state index is 11.6. The lowest BCUT2D eigenvalue weighted by Gasteiger charge is -2.05. The fourth-order valence-corrected chi connectivity index (χ4v) is 1.34. The summed E-state index contributed by atoms with van der Waals surface area (Å²) in [6, 6.07) is 1.90. The minimum absolute atomic E-state index is 0.152. The third kappa shape index (κ3) is 1.65. The number of rotatable bonds is 1. The van der Waals surface area contributed by atoms with Crippen LogP contribution in [0, 0.1) is 25.2 Å². The maximum absolute atomic E-state index is 11.6. The third-order valence-electron chi connectivity index (χ3n) is 2.51. The average Bonchev–Trinajstić information content (AvgIpc) is 2.66. The molecule has 2 aromatic heterocycles. The molecule has 0 aliphatic carbocycles. The van der Waals surface area contributed by atoms with Crippen LogP contribution in [-0.2, 0) is 0 Å². The molecule has 0 atom stereocenters. The molecule has 0 radical (unpaired) electrons. The third-order valence-corrected chi connectivity index (χ3v) is 2.51. The van der Waals surface area contributed by atoms with Crippen molar-refractivity contribution in [1.29, 1.82) is 5.26 Å². The number of aryl methyl sites for hydroxylation is 1. The molecule has 0 amide bonds. The van der Waals surface area contributed by atoms with Crippen molar-refractivity contribution in [2.75, 3.05) is 5.73 Å². The molecule has 7 nitrogen and oxygen atoms in total. The summed E-state index contributed by atoms with van der Waals surface area (Å²) in [6.07, 6.45) is 1.32. The Morgan fingerprint density at radius 1 is 1.53 bits per heavy atom. The number of aromatic amines is 1. The van der Waals surface area contributed by atoms with Gasteiger partial charge in [-0.05, 0) is 13.8 Å². The van der Waals surface area contributed by atoms with E-state index in [9.17, 15) is 4.79 Å². The number of nitrogens with one attached hydrogen (secondary N) is 1. The normalized spacial score (nSPS) is 10.2. The highest BCUT2D eigenvalue weighted by Crippen LogP contribution is 2.12. The van der Waals surface area contributed by atoms with Crippen LogP contribution in [0.25, 0.3) is 5.95 Å². The topological polar surface area (TPSA) is 113 Å². The first kappa shape index (κ1) is 10.9. The largest absolute Gasteiger partial charge is 0.382 e. The molecule has 2 rings (SSSR count). The van der Waals surface area contributed by atoms with Crippen LogP contribution in [0.1, 0.15) is 16.8 Å². The maximum Gasteiger partial charge on any atom is 0.255 e. The molecule has 0 spiro atoms. The smallest absolute Gasteiger partial charge is 0.255 e. The van der Waals surface area contributed by atoms with E-state index < -0.39 is 0 Å². The van der Waals surface area contributed by atoms with Crippen molar-refractivity contribution in [2.24, 2.45) is 0 Å². The Bertz CT molecular complexity index is 675. The molecule has 0 bridgehead atoms. The number of nitriles is 1. The number of anilines is 1. The average molecular weight is 230 g/mol. The van der Waals surface area contributed by atoms with Gasteiger partial charge in [-0.2, -0.15) is 15.0 Å². The lowest BCUT2D eigenvalue weighted by atomic mass is 10.3. The second-order valence-corrected chi connectivity index (χ2v) is 3.57. The van der Waals surface area contributed by atoms with Crippen LogP contribution in [0.2, 0.25) is 0 Å². The zero-order valence-electron chi connectivity index (χ0n) is 9.35. The van der Waals surface area contributed by atoms with E-state index in [0.717, 1.165) is 0 Å². The van der Waals surface area contributed by atoms with Gasteiger partial charge < -0.3 is 5.73 Å². The van der Waals surface area contributed by atoms with E-state index in [1.807, 2.05) is 6.07 Å². The lowest BCUT2D eigenvalue weighted by Crippen LogP contribution is -2.18. The lowest BCUT2D eigenvalue weighted by molar-refractivity contribution is 0.797. The highest BCUT2D eigenvalue weighted by molar-refractivity contribution is 5.50. The minimum atomic E-state index is -0.249. The SMILES string of the molecule is Cc1nc(-n2ncc(C#N)c2N)[nH]c(=O)c1C. The zero-order valence-corrected chi connectivity index (χ0v) is 9.35. The van der Waals surface area contributed by atoms with Crippen molar-refractivity contribution in [1.82, 2.24) is 19.7 Å². The molecule has 3 N–H and O–H groups in total. The standard InChI is InChI=1S/C10H10N6O/c1-5-6(2)14-10(15-9(5)17)16-8(12)7(3-11)4-13-16/h4H,12H2,1-2H3,(H,14,15,17). The van der Waals surface area contributed by atoms with Crippen molar-refractivity contribution >= 4 is 5.82 Å². The van der Waals surface area contributed by atoms with Gasteiger partial charge in [0.05, 0.1) is 6.20 Å². The van der Waals surface area contributed by atoms with Gasteiger partial charge in [0, 0.05) is 11.3 Å². The molecular formula is C10H10N6O. The van der Waals surface area contributed by atoms with Crippen LogP contribution in [0.3, 0.4) is 0 Å². The van der Waals surface area contributed by atoms with Crippen LogP contribution < -0.4 is 11.3 Å². The van der Waals surface area contributed by atoms with Gasteiger partial charge in [0.25, 0.3) is 5.56 Å². The zero-order chi connectivity index (χ0) is 12.6. The Morgan fingerprint density at radius 3 is 2.76 bits per heavy atom. The van der Waals surface area contributed by atoms with Gasteiger partial charge in [-0.3, -0.25) is 9.78 Å². The number of hydrogen-bond donors (Lipinski definition) is 2. The molecule has 0 fully saturated rings. The Hall–Kier alpha value is -2.62. The Morgan fingerprint density at radius 2 is 2.24 bits per heavy atom. The first-order chi connectivity index (χ1) is 8.04. The fourth-order valence-electron chi connectivity index (χ4n) is 1.34. The molecule has 0 unspecified atom stereocenters. The van der Waals surface area contributed by atoms with Crippen LogP contribution >= 0.6 is 0 Å². The highest BCUT2D eigenvalue weighted by Gasteiger charge is 2.12. The quantitative estimate of drug-likeness (QED) is 0.717. The predicted octanol–water partition coefficient (Wildman–Crippen LogP) is 0.0263. The van der Waals surface area contributed by atoms with Gasteiger partial charge >= 0.3 is 0 Å². The molecule has 0 aliphatic heterocycles. The molecule has 7 heteroatoms. The van der Waals surface area contributed by atoms with Crippen LogP contribution in [0.4, 0.5) is 5.82 Å². The highest BCUT2D eigenvalue weighted by atomic mass is 16.1. The number of nitrogens with two attached hydrogens (primary N) is 1. The first-order valence-electron chi connectivity index (χ1n) is 4.86. The van der Waals surface area contributed by atoms with Gasteiger partial charge in [-0.1, -0.05) is 0 Å². The Balaban J connectivity index is 2.66. The Kier molecular flexibility index (Phi) is 2.40. The van der Waals surface area contributed by atoms with Crippen molar-refractivity contribution < 1.29 is 0 Å². The van der Waals surface area contributed by atoms with Gasteiger partial charge in [0.15, 0.2) is 0 Å². The van der Waals surface area contributed by atoms with Crippen molar-refractivity contribution in [2.45, 2.75) is 13.8 Å². The monoisotopic (exact) mass is 230 g/mol. The number of aromatic nitrogens is 4. The van der Waals surface area contributed by atoms with E-state index in [1.54, 1.807) is 13.8 Å². The summed E-state index contributed by atoms with van der Waals surface area (Å²) in [5, 5.41) is 12.7. The first-order valence-corrected chi connectivity index (χ1v) is 4.86. The molecule has 0 saturated heterocycles. The summed E-state index contributed by atoms with van der Waals surface area (Å²) in [5.74, 6) is 0.357.